The Balaban J connectivity index is 1.30. The molecule has 2 aliphatic heterocycles. The van der Waals surface area contributed by atoms with E-state index in [1.54, 1.807) is 0 Å². The maximum absolute atomic E-state index is 6.48. The van der Waals surface area contributed by atoms with Crippen LogP contribution in [-0.4, -0.2) is 50.3 Å². The second-order valence-corrected chi connectivity index (χ2v) is 9.32. The molecule has 1 unspecified atom stereocenters. The molecule has 0 saturated carbocycles. The van der Waals surface area contributed by atoms with E-state index >= 15 is 0 Å². The van der Waals surface area contributed by atoms with Gasteiger partial charge < -0.3 is 19.3 Å². The van der Waals surface area contributed by atoms with Gasteiger partial charge in [-0.1, -0.05) is 23.7 Å². The fourth-order valence-electron chi connectivity index (χ4n) is 4.58. The molecule has 2 aliphatic rings. The first-order valence-corrected chi connectivity index (χ1v) is 11.5. The van der Waals surface area contributed by atoms with E-state index in [9.17, 15) is 0 Å². The summed E-state index contributed by atoms with van der Waals surface area (Å²) < 4.78 is 11.9. The van der Waals surface area contributed by atoms with Crippen LogP contribution in [0.3, 0.4) is 0 Å². The quantitative estimate of drug-likeness (QED) is 0.625. The number of hydrogen-bond donors (Lipinski definition) is 0. The van der Waals surface area contributed by atoms with E-state index in [2.05, 4.69) is 55.0 Å². The maximum atomic E-state index is 6.48. The van der Waals surface area contributed by atoms with Crippen LogP contribution in [0.2, 0.25) is 5.02 Å². The molecule has 2 aromatic rings. The summed E-state index contributed by atoms with van der Waals surface area (Å²) in [5, 5.41) is 0.855. The minimum absolute atomic E-state index is 0.177. The van der Waals surface area contributed by atoms with Crippen molar-refractivity contribution in [2.75, 3.05) is 38.2 Å². The van der Waals surface area contributed by atoms with Crippen molar-refractivity contribution in [2.45, 2.75) is 45.3 Å². The van der Waals surface area contributed by atoms with E-state index in [1.807, 2.05) is 18.2 Å². The van der Waals surface area contributed by atoms with Gasteiger partial charge in [-0.15, -0.1) is 0 Å². The summed E-state index contributed by atoms with van der Waals surface area (Å²) in [6.07, 6.45) is 3.62. The smallest absolute Gasteiger partial charge is 0.142 e. The van der Waals surface area contributed by atoms with Gasteiger partial charge in [-0.2, -0.15) is 0 Å². The third-order valence-corrected chi connectivity index (χ3v) is 6.67. The molecule has 0 aromatic heterocycles. The zero-order chi connectivity index (χ0) is 21.1. The van der Waals surface area contributed by atoms with Crippen molar-refractivity contribution in [3.05, 3.63) is 53.1 Å². The number of likely N-dealkylation sites (N-methyl/N-ethyl adjacent to an activating group) is 1. The molecule has 0 amide bonds. The predicted octanol–water partition coefficient (Wildman–Crippen LogP) is 5.28. The minimum Gasteiger partial charge on any atom is -0.491 e. The molecule has 162 valence electrons. The van der Waals surface area contributed by atoms with Crippen molar-refractivity contribution >= 4 is 17.3 Å². The van der Waals surface area contributed by atoms with Gasteiger partial charge in [-0.05, 0) is 88.0 Å². The van der Waals surface area contributed by atoms with Crippen LogP contribution < -0.4 is 14.4 Å². The van der Waals surface area contributed by atoms with E-state index in [0.29, 0.717) is 12.0 Å². The molecule has 0 bridgehead atoms. The number of fused-ring (bicyclic) bond motifs is 1. The van der Waals surface area contributed by atoms with Crippen molar-refractivity contribution in [2.24, 2.45) is 5.92 Å². The van der Waals surface area contributed by atoms with Gasteiger partial charge >= 0.3 is 0 Å². The Morgan fingerprint density at radius 2 is 1.90 bits per heavy atom. The van der Waals surface area contributed by atoms with Crippen molar-refractivity contribution in [3.63, 3.8) is 0 Å². The van der Waals surface area contributed by atoms with E-state index in [1.165, 1.54) is 24.1 Å². The number of anilines is 1. The van der Waals surface area contributed by atoms with Crippen molar-refractivity contribution in [3.8, 4) is 11.5 Å². The van der Waals surface area contributed by atoms with Gasteiger partial charge in [-0.3, -0.25) is 0 Å². The number of benzene rings is 2. The van der Waals surface area contributed by atoms with Crippen molar-refractivity contribution < 1.29 is 9.47 Å². The van der Waals surface area contributed by atoms with Crippen LogP contribution in [-0.2, 0) is 6.42 Å². The van der Waals surface area contributed by atoms with Crippen LogP contribution in [0.4, 0.5) is 5.69 Å². The Bertz CT molecular complexity index is 849. The third kappa shape index (κ3) is 5.04. The number of halogens is 1. The number of ether oxygens (including phenoxy) is 2. The van der Waals surface area contributed by atoms with Crippen LogP contribution in [0.5, 0.6) is 11.5 Å². The molecule has 2 heterocycles. The lowest BCUT2D eigenvalue weighted by atomic mass is 9.90. The molecule has 4 nitrogen and oxygen atoms in total. The van der Waals surface area contributed by atoms with E-state index < -0.39 is 0 Å². The summed E-state index contributed by atoms with van der Waals surface area (Å²) in [5.74, 6) is 2.59. The number of piperidine rings is 1. The largest absolute Gasteiger partial charge is 0.491 e. The molecule has 1 atom stereocenters. The summed E-state index contributed by atoms with van der Waals surface area (Å²) in [6, 6.07) is 14.8. The molecule has 30 heavy (non-hydrogen) atoms. The van der Waals surface area contributed by atoms with Gasteiger partial charge in [0.2, 0.25) is 0 Å². The summed E-state index contributed by atoms with van der Waals surface area (Å²) >= 11 is 6.48. The zero-order valence-corrected chi connectivity index (χ0v) is 19.1. The molecule has 1 saturated heterocycles. The van der Waals surface area contributed by atoms with Gasteiger partial charge in [0.05, 0.1) is 17.8 Å². The summed E-state index contributed by atoms with van der Waals surface area (Å²) in [4.78, 5) is 4.97. The molecule has 0 spiro atoms. The highest BCUT2D eigenvalue weighted by Crippen LogP contribution is 2.33. The lowest BCUT2D eigenvalue weighted by Gasteiger charge is -2.40. The fourth-order valence-corrected chi connectivity index (χ4v) is 4.77. The van der Waals surface area contributed by atoms with Crippen LogP contribution in [0, 0.1) is 5.92 Å². The zero-order valence-electron chi connectivity index (χ0n) is 18.3. The van der Waals surface area contributed by atoms with Gasteiger partial charge in [0.25, 0.3) is 0 Å². The average molecular weight is 429 g/mol. The predicted molar refractivity (Wildman–Crippen MR) is 124 cm³/mol. The molecule has 0 radical (unpaired) electrons. The van der Waals surface area contributed by atoms with E-state index in [0.717, 1.165) is 49.2 Å². The van der Waals surface area contributed by atoms with E-state index in [4.69, 9.17) is 21.1 Å². The first-order valence-electron chi connectivity index (χ1n) is 11.1. The van der Waals surface area contributed by atoms with E-state index in [-0.39, 0.29) is 6.10 Å². The summed E-state index contributed by atoms with van der Waals surface area (Å²) in [6.45, 7) is 8.18. The highest BCUT2D eigenvalue weighted by atomic mass is 35.5. The first kappa shape index (κ1) is 21.3. The lowest BCUT2D eigenvalue weighted by molar-refractivity contribution is 0.152. The number of likely N-dealkylation sites (tertiary alicyclic amines) is 1. The Morgan fingerprint density at radius 3 is 2.67 bits per heavy atom. The number of hydrogen-bond acceptors (Lipinski definition) is 4. The molecule has 5 heteroatoms. The van der Waals surface area contributed by atoms with Crippen molar-refractivity contribution in [1.82, 2.24) is 4.90 Å². The van der Waals surface area contributed by atoms with Gasteiger partial charge in [0.1, 0.15) is 18.1 Å². The van der Waals surface area contributed by atoms with Gasteiger partial charge in [0, 0.05) is 18.6 Å². The standard InChI is InChI=1S/C25H33ClN2O2/c1-18(2)30-22-8-9-23(26)20(15-22)14-19-10-12-28(13-11-19)16-21-17-29-25-7-5-4-6-24(25)27(21)3/h4-9,15,18-19,21H,10-14,16-17H2,1-3H3. The van der Waals surface area contributed by atoms with Gasteiger partial charge in [-0.25, -0.2) is 0 Å². The average Bonchev–Trinajstić information content (AvgIpc) is 2.74. The van der Waals surface area contributed by atoms with Crippen LogP contribution in [0.25, 0.3) is 0 Å². The van der Waals surface area contributed by atoms with Crippen LogP contribution in [0.1, 0.15) is 32.3 Å². The molecule has 0 aliphatic carbocycles. The van der Waals surface area contributed by atoms with Crippen LogP contribution in [0.15, 0.2) is 42.5 Å². The van der Waals surface area contributed by atoms with Gasteiger partial charge in [0.15, 0.2) is 0 Å². The number of rotatable bonds is 6. The lowest BCUT2D eigenvalue weighted by Crippen LogP contribution is -2.49. The topological polar surface area (TPSA) is 24.9 Å². The Kier molecular flexibility index (Phi) is 6.74. The molecular weight excluding hydrogens is 396 g/mol. The molecular formula is C25H33ClN2O2. The Hall–Kier alpha value is -1.91. The van der Waals surface area contributed by atoms with Crippen LogP contribution >= 0.6 is 11.6 Å². The summed E-state index contributed by atoms with van der Waals surface area (Å²) in [7, 11) is 2.19. The normalized spacial score (nSPS) is 20.2. The monoisotopic (exact) mass is 428 g/mol. The summed E-state index contributed by atoms with van der Waals surface area (Å²) in [5.41, 5.74) is 2.41. The third-order valence-electron chi connectivity index (χ3n) is 6.30. The SMILES string of the molecule is CC(C)Oc1ccc(Cl)c(CC2CCN(CC3COc4ccccc4N3C)CC2)c1. The second kappa shape index (κ2) is 9.49. The first-order chi connectivity index (χ1) is 14.5. The Labute approximate surface area is 185 Å². The molecule has 1 fully saturated rings. The highest BCUT2D eigenvalue weighted by molar-refractivity contribution is 6.31. The molecule has 4 rings (SSSR count). The maximum Gasteiger partial charge on any atom is 0.142 e. The minimum atomic E-state index is 0.177. The molecule has 0 N–H and O–H groups in total. The molecule has 2 aromatic carbocycles. The number of para-hydroxylation sites is 2. The highest BCUT2D eigenvalue weighted by Gasteiger charge is 2.28. The second-order valence-electron chi connectivity index (χ2n) is 8.91. The fraction of sp³-hybridized carbons (Fsp3) is 0.520. The Morgan fingerprint density at radius 1 is 1.13 bits per heavy atom. The number of nitrogens with zero attached hydrogens (tertiary/aromatic N) is 2. The van der Waals surface area contributed by atoms with Crippen molar-refractivity contribution in [1.29, 1.82) is 0 Å².